The van der Waals surface area contributed by atoms with Crippen LogP contribution in [0.15, 0.2) is 84.3 Å². The number of aromatic amines is 1. The van der Waals surface area contributed by atoms with Crippen LogP contribution in [0.5, 0.6) is 0 Å². The number of nitrogens with zero attached hydrogens (tertiary/aromatic N) is 5. The van der Waals surface area contributed by atoms with Gasteiger partial charge in [0.1, 0.15) is 16.6 Å². The largest absolute Gasteiger partial charge is 0.378 e. The average Bonchev–Trinajstić information content (AvgIpc) is 3.51. The molecule has 5 aromatic rings. The van der Waals surface area contributed by atoms with Crippen molar-refractivity contribution in [3.05, 3.63) is 84.9 Å². The molecule has 3 heterocycles. The van der Waals surface area contributed by atoms with E-state index in [0.717, 1.165) is 31.9 Å². The number of H-pyrrole nitrogens is 1. The monoisotopic (exact) mass is 468 g/mol. The van der Waals surface area contributed by atoms with Crippen molar-refractivity contribution in [2.75, 3.05) is 19.0 Å². The second-order valence-corrected chi connectivity index (χ2v) is 9.74. The van der Waals surface area contributed by atoms with Gasteiger partial charge in [-0.2, -0.15) is 22.9 Å². The number of hydrogen-bond donors (Lipinski definition) is 1. The summed E-state index contributed by atoms with van der Waals surface area (Å²) in [5.74, 6) is 0. The lowest BCUT2D eigenvalue weighted by molar-refractivity contribution is 0.580. The topological polar surface area (TPSA) is 108 Å². The van der Waals surface area contributed by atoms with E-state index in [0.29, 0.717) is 11.2 Å². The Bertz CT molecular complexity index is 1660. The zero-order chi connectivity index (χ0) is 23.9. The highest BCUT2D eigenvalue weighted by atomic mass is 32.2. The molecule has 0 saturated heterocycles. The Morgan fingerprint density at radius 1 is 1.00 bits per heavy atom. The van der Waals surface area contributed by atoms with E-state index in [-0.39, 0.29) is 10.5 Å². The molecule has 0 unspecified atom stereocenters. The van der Waals surface area contributed by atoms with Gasteiger partial charge in [-0.25, -0.2) is 4.98 Å². The molecule has 0 aliphatic heterocycles. The number of anilines is 1. The molecular weight excluding hydrogens is 448 g/mol. The maximum Gasteiger partial charge on any atom is 0.284 e. The summed E-state index contributed by atoms with van der Waals surface area (Å²) in [6.07, 6.45) is 6.53. The first-order chi connectivity index (χ1) is 16.4. The molecule has 0 spiro atoms. The van der Waals surface area contributed by atoms with E-state index in [9.17, 15) is 13.7 Å². The Morgan fingerprint density at radius 3 is 2.50 bits per heavy atom. The van der Waals surface area contributed by atoms with Crippen molar-refractivity contribution in [1.82, 2.24) is 19.2 Å². The molecule has 1 N–H and O–H groups in total. The van der Waals surface area contributed by atoms with Gasteiger partial charge in [0.2, 0.25) is 0 Å². The van der Waals surface area contributed by atoms with Crippen molar-refractivity contribution in [1.29, 1.82) is 5.26 Å². The Hall–Kier alpha value is -4.42. The van der Waals surface area contributed by atoms with Gasteiger partial charge < -0.3 is 9.88 Å². The third-order valence-corrected chi connectivity index (χ3v) is 7.25. The molecular formula is C25H20N6O2S. The van der Waals surface area contributed by atoms with E-state index >= 15 is 0 Å². The van der Waals surface area contributed by atoms with E-state index in [1.807, 2.05) is 55.4 Å². The van der Waals surface area contributed by atoms with Gasteiger partial charge in [-0.15, -0.1) is 0 Å². The Kier molecular flexibility index (Phi) is 5.15. The lowest BCUT2D eigenvalue weighted by atomic mass is 10.0. The number of rotatable bonds is 5. The van der Waals surface area contributed by atoms with Crippen LogP contribution in [0.1, 0.15) is 5.56 Å². The molecule has 0 aliphatic rings. The maximum atomic E-state index is 13.1. The summed E-state index contributed by atoms with van der Waals surface area (Å²) in [5, 5.41) is 14.2. The number of hydrogen-bond acceptors (Lipinski definition) is 6. The number of aromatic nitrogens is 4. The summed E-state index contributed by atoms with van der Waals surface area (Å²) in [4.78, 5) is 9.63. The number of benzene rings is 2. The summed E-state index contributed by atoms with van der Waals surface area (Å²) in [7, 11) is -0.0263. The minimum Gasteiger partial charge on any atom is -0.378 e. The van der Waals surface area contributed by atoms with Crippen LogP contribution in [0.2, 0.25) is 0 Å². The van der Waals surface area contributed by atoms with Crippen molar-refractivity contribution in [3.8, 4) is 28.3 Å². The smallest absolute Gasteiger partial charge is 0.284 e. The summed E-state index contributed by atoms with van der Waals surface area (Å²) >= 11 is 0. The molecule has 0 fully saturated rings. The molecule has 0 bridgehead atoms. The standard InChI is InChI=1S/C25H20N6O2S/c1-30(2)21-9-7-17(8-10-21)19-11-22-23(15-28-25(22)27-13-19)20-14-29-31(16-20)34(32,33)24-6-4-3-5-18(24)12-26/h3-11,13-16H,1-2H3,(H,27,28). The van der Waals surface area contributed by atoms with Gasteiger partial charge in [0, 0.05) is 54.3 Å². The van der Waals surface area contributed by atoms with Crippen molar-refractivity contribution < 1.29 is 8.42 Å². The first kappa shape index (κ1) is 21.4. The van der Waals surface area contributed by atoms with Gasteiger partial charge >= 0.3 is 0 Å². The molecule has 9 heteroatoms. The highest BCUT2D eigenvalue weighted by molar-refractivity contribution is 7.89. The zero-order valence-corrected chi connectivity index (χ0v) is 19.3. The molecule has 0 atom stereocenters. The second-order valence-electron chi connectivity index (χ2n) is 7.98. The molecule has 0 saturated carbocycles. The fraction of sp³-hybridized carbons (Fsp3) is 0.0800. The van der Waals surface area contributed by atoms with Gasteiger partial charge in [-0.05, 0) is 35.9 Å². The maximum absolute atomic E-state index is 13.1. The Labute approximate surface area is 196 Å². The summed E-state index contributed by atoms with van der Waals surface area (Å²) < 4.78 is 27.1. The van der Waals surface area contributed by atoms with E-state index in [4.69, 9.17) is 0 Å². The van der Waals surface area contributed by atoms with Crippen LogP contribution in [-0.2, 0) is 10.0 Å². The minimum atomic E-state index is -4.01. The normalized spacial score (nSPS) is 11.4. The fourth-order valence-electron chi connectivity index (χ4n) is 3.81. The lowest BCUT2D eigenvalue weighted by Gasteiger charge is -2.12. The van der Waals surface area contributed by atoms with Crippen molar-refractivity contribution in [2.24, 2.45) is 0 Å². The van der Waals surface area contributed by atoms with Crippen molar-refractivity contribution in [3.63, 3.8) is 0 Å². The molecule has 0 radical (unpaired) electrons. The van der Waals surface area contributed by atoms with Crippen LogP contribution >= 0.6 is 0 Å². The van der Waals surface area contributed by atoms with Gasteiger partial charge in [0.05, 0.1) is 18.0 Å². The van der Waals surface area contributed by atoms with E-state index in [2.05, 4.69) is 15.1 Å². The van der Waals surface area contributed by atoms with Gasteiger partial charge in [-0.3, -0.25) is 0 Å². The van der Waals surface area contributed by atoms with Gasteiger partial charge in [0.15, 0.2) is 0 Å². The van der Waals surface area contributed by atoms with Crippen LogP contribution in [0, 0.1) is 11.3 Å². The molecule has 8 nitrogen and oxygen atoms in total. The predicted molar refractivity (Wildman–Crippen MR) is 131 cm³/mol. The molecule has 3 aromatic heterocycles. The molecule has 0 amide bonds. The van der Waals surface area contributed by atoms with E-state index < -0.39 is 10.0 Å². The molecule has 2 aromatic carbocycles. The van der Waals surface area contributed by atoms with E-state index in [1.54, 1.807) is 24.5 Å². The van der Waals surface area contributed by atoms with Crippen LogP contribution in [0.25, 0.3) is 33.3 Å². The quantitative estimate of drug-likeness (QED) is 0.413. The Balaban J connectivity index is 1.55. The number of nitrogens with one attached hydrogen (secondary N) is 1. The Morgan fingerprint density at radius 2 is 1.76 bits per heavy atom. The second kappa shape index (κ2) is 8.17. The third kappa shape index (κ3) is 3.60. The summed E-state index contributed by atoms with van der Waals surface area (Å²) in [6, 6.07) is 18.2. The van der Waals surface area contributed by atoms with Crippen molar-refractivity contribution in [2.45, 2.75) is 4.90 Å². The van der Waals surface area contributed by atoms with Crippen LogP contribution < -0.4 is 4.90 Å². The highest BCUT2D eigenvalue weighted by Gasteiger charge is 2.22. The van der Waals surface area contributed by atoms with Crippen LogP contribution in [0.4, 0.5) is 5.69 Å². The zero-order valence-electron chi connectivity index (χ0n) is 18.5. The molecule has 168 valence electrons. The summed E-state index contributed by atoms with van der Waals surface area (Å²) in [5.41, 5.74) is 5.23. The number of pyridine rings is 1. The molecule has 0 aliphatic carbocycles. The highest BCUT2D eigenvalue weighted by Crippen LogP contribution is 2.32. The predicted octanol–water partition coefficient (Wildman–Crippen LogP) is 4.27. The SMILES string of the molecule is CN(C)c1ccc(-c2cnc3[nH]cc(-c4cnn(S(=O)(=O)c5ccccc5C#N)c4)c3c2)cc1. The number of fused-ring (bicyclic) bond motifs is 1. The fourth-order valence-corrected chi connectivity index (χ4v) is 5.08. The van der Waals surface area contributed by atoms with Crippen LogP contribution in [-0.4, -0.2) is 41.7 Å². The first-order valence-corrected chi connectivity index (χ1v) is 11.9. The third-order valence-electron chi connectivity index (χ3n) is 5.65. The van der Waals surface area contributed by atoms with Gasteiger partial charge in [-0.1, -0.05) is 24.3 Å². The van der Waals surface area contributed by atoms with E-state index in [1.165, 1.54) is 24.5 Å². The number of nitriles is 1. The minimum absolute atomic E-state index is 0.0702. The molecule has 5 rings (SSSR count). The summed E-state index contributed by atoms with van der Waals surface area (Å²) in [6.45, 7) is 0. The first-order valence-electron chi connectivity index (χ1n) is 10.4. The lowest BCUT2D eigenvalue weighted by Crippen LogP contribution is -2.14. The molecule has 34 heavy (non-hydrogen) atoms. The van der Waals surface area contributed by atoms with Crippen LogP contribution in [0.3, 0.4) is 0 Å². The average molecular weight is 469 g/mol. The van der Waals surface area contributed by atoms with Gasteiger partial charge in [0.25, 0.3) is 10.0 Å². The van der Waals surface area contributed by atoms with Crippen molar-refractivity contribution >= 4 is 26.7 Å².